The number of fused-ring (bicyclic) bond motifs is 16. The van der Waals surface area contributed by atoms with E-state index < -0.39 is 0 Å². The molecule has 0 saturated heterocycles. The molecule has 0 radical (unpaired) electrons. The predicted octanol–water partition coefficient (Wildman–Crippen LogP) is 17.4. The van der Waals surface area contributed by atoms with Crippen LogP contribution in [-0.4, -0.2) is 9.13 Å². The number of para-hydroxylation sites is 4. The summed E-state index contributed by atoms with van der Waals surface area (Å²) in [7, 11) is 0. The maximum absolute atomic E-state index is 6.87. The molecule has 5 aromatic heterocycles. The average molecular weight is 847 g/mol. The van der Waals surface area contributed by atoms with E-state index in [4.69, 9.17) is 8.83 Å². The summed E-state index contributed by atoms with van der Waals surface area (Å²) in [5.74, 6) is 0. The van der Waals surface area contributed by atoms with Gasteiger partial charge in [-0.25, -0.2) is 0 Å². The van der Waals surface area contributed by atoms with E-state index in [1.54, 1.807) is 11.3 Å². The van der Waals surface area contributed by atoms with Crippen LogP contribution >= 0.6 is 11.3 Å². The van der Waals surface area contributed by atoms with Crippen molar-refractivity contribution in [3.05, 3.63) is 206 Å². The maximum Gasteiger partial charge on any atom is 0.153 e. The molecule has 0 aliphatic rings. The Labute approximate surface area is 375 Å². The Morgan fingerprint density at radius 3 is 1.58 bits per heavy atom. The van der Waals surface area contributed by atoms with Crippen LogP contribution in [0.3, 0.4) is 0 Å². The lowest BCUT2D eigenvalue weighted by atomic mass is 9.98. The number of rotatable bonds is 4. The highest BCUT2D eigenvalue weighted by Crippen LogP contribution is 2.48. The smallest absolute Gasteiger partial charge is 0.153 e. The second-order valence-electron chi connectivity index (χ2n) is 17.2. The Bertz CT molecular complexity index is 4460. The zero-order valence-electron chi connectivity index (χ0n) is 34.7. The molecule has 5 heterocycles. The summed E-state index contributed by atoms with van der Waals surface area (Å²) in [4.78, 5) is 0. The van der Waals surface area contributed by atoms with Gasteiger partial charge in [-0.2, -0.15) is 0 Å². The minimum absolute atomic E-state index is 0.828. The first-order chi connectivity index (χ1) is 32.2. The van der Waals surface area contributed by atoms with Gasteiger partial charge in [-0.15, -0.1) is 11.3 Å². The number of hydrogen-bond donors (Lipinski definition) is 0. The molecule has 0 fully saturated rings. The van der Waals surface area contributed by atoms with Crippen LogP contribution in [0.1, 0.15) is 0 Å². The van der Waals surface area contributed by atoms with E-state index in [0.717, 1.165) is 60.0 Å². The minimum Gasteiger partial charge on any atom is -0.456 e. The molecule has 4 nitrogen and oxygen atoms in total. The summed E-state index contributed by atoms with van der Waals surface area (Å²) in [5, 5.41) is 11.8. The number of hydrogen-bond acceptors (Lipinski definition) is 3. The number of benzene rings is 10. The second kappa shape index (κ2) is 13.1. The molecule has 0 aliphatic heterocycles. The molecule has 0 bridgehead atoms. The molecule has 0 aliphatic carbocycles. The molecule has 5 heteroatoms. The number of thiophene rings is 1. The van der Waals surface area contributed by atoms with E-state index in [1.807, 2.05) is 12.1 Å². The van der Waals surface area contributed by atoms with Gasteiger partial charge in [0.05, 0.1) is 32.5 Å². The zero-order valence-corrected chi connectivity index (χ0v) is 35.6. The molecular formula is C60H34N2O2S. The Morgan fingerprint density at radius 2 is 0.862 bits per heavy atom. The SMILES string of the molecule is c1ccc(-n2c3ccccc3c3ccc(-c4ccc(-c5ccc6c7ccccc7n(-c7cc8c9cc%10c(cc9oc8c8sc9ccccc9c78)oc7ccccc7%10)c6c5)cc4)cc32)cc1. The highest BCUT2D eigenvalue weighted by Gasteiger charge is 2.23. The summed E-state index contributed by atoms with van der Waals surface area (Å²) in [5.41, 5.74) is 15.2. The molecule has 15 aromatic rings. The lowest BCUT2D eigenvalue weighted by molar-refractivity contribution is 0.658. The van der Waals surface area contributed by atoms with Crippen molar-refractivity contribution in [2.24, 2.45) is 0 Å². The van der Waals surface area contributed by atoms with Gasteiger partial charge < -0.3 is 18.0 Å². The molecule has 15 rings (SSSR count). The Kier molecular flexibility index (Phi) is 7.07. The van der Waals surface area contributed by atoms with Crippen molar-refractivity contribution in [2.75, 3.05) is 0 Å². The Morgan fingerprint density at radius 1 is 0.323 bits per heavy atom. The molecule has 10 aromatic carbocycles. The van der Waals surface area contributed by atoms with Gasteiger partial charge in [-0.3, -0.25) is 0 Å². The number of nitrogens with zero attached hydrogens (tertiary/aromatic N) is 2. The molecule has 0 unspecified atom stereocenters. The molecule has 0 N–H and O–H groups in total. The topological polar surface area (TPSA) is 36.1 Å². The predicted molar refractivity (Wildman–Crippen MR) is 273 cm³/mol. The lowest BCUT2D eigenvalue weighted by Crippen LogP contribution is -1.95. The van der Waals surface area contributed by atoms with Gasteiger partial charge in [-0.1, -0.05) is 140 Å². The Balaban J connectivity index is 0.923. The van der Waals surface area contributed by atoms with Crippen molar-refractivity contribution in [3.8, 4) is 33.6 Å². The molecular weight excluding hydrogens is 813 g/mol. The summed E-state index contributed by atoms with van der Waals surface area (Å²) >= 11 is 1.81. The van der Waals surface area contributed by atoms with Crippen LogP contribution in [0, 0.1) is 0 Å². The third-order valence-corrected chi connectivity index (χ3v) is 14.9. The summed E-state index contributed by atoms with van der Waals surface area (Å²) < 4.78 is 20.5. The highest BCUT2D eigenvalue weighted by atomic mass is 32.1. The fourth-order valence-corrected chi connectivity index (χ4v) is 12.0. The molecule has 0 saturated carbocycles. The normalized spacial score (nSPS) is 12.3. The number of furan rings is 2. The molecule has 65 heavy (non-hydrogen) atoms. The van der Waals surface area contributed by atoms with Crippen LogP contribution in [0.5, 0.6) is 0 Å². The lowest BCUT2D eigenvalue weighted by Gasteiger charge is -2.12. The first-order valence-electron chi connectivity index (χ1n) is 22.1. The monoisotopic (exact) mass is 846 g/mol. The average Bonchev–Trinajstić information content (AvgIpc) is 4.17. The van der Waals surface area contributed by atoms with Crippen LogP contribution < -0.4 is 0 Å². The zero-order chi connectivity index (χ0) is 42.3. The quantitative estimate of drug-likeness (QED) is 0.177. The molecule has 0 atom stereocenters. The van der Waals surface area contributed by atoms with Gasteiger partial charge in [0.1, 0.15) is 16.7 Å². The first-order valence-corrected chi connectivity index (χ1v) is 22.9. The molecule has 0 amide bonds. The summed E-state index contributed by atoms with van der Waals surface area (Å²) in [6.45, 7) is 0. The van der Waals surface area contributed by atoms with Crippen molar-refractivity contribution in [3.63, 3.8) is 0 Å². The standard InChI is InChI=1S/C60H34N2O2S/c1-2-12-39(13-3-1)61-49-18-8-4-14-40(49)42-28-26-37(30-51(42)61)35-22-24-36(25-23-35)38-27-29-43-41-15-5-9-19-50(41)62(52(43)31-38)53-33-48-47-32-46-44-16-6-10-20-54(44)63-55(46)34-56(47)64-59(48)60-58(53)45-17-7-11-21-57(45)65-60/h1-34H. The second-order valence-corrected chi connectivity index (χ2v) is 18.3. The fraction of sp³-hybridized carbons (Fsp3) is 0. The van der Waals surface area contributed by atoms with E-state index in [9.17, 15) is 0 Å². The van der Waals surface area contributed by atoms with Gasteiger partial charge in [0, 0.05) is 70.3 Å². The van der Waals surface area contributed by atoms with Gasteiger partial charge in [0.25, 0.3) is 0 Å². The number of aromatic nitrogens is 2. The first kappa shape index (κ1) is 35.1. The van der Waals surface area contributed by atoms with E-state index >= 15 is 0 Å². The fourth-order valence-electron chi connectivity index (χ4n) is 10.8. The van der Waals surface area contributed by atoms with Gasteiger partial charge in [0.2, 0.25) is 0 Å². The van der Waals surface area contributed by atoms with Crippen LogP contribution in [0.25, 0.3) is 141 Å². The van der Waals surface area contributed by atoms with Crippen LogP contribution in [0.2, 0.25) is 0 Å². The summed E-state index contributed by atoms with van der Waals surface area (Å²) in [6.07, 6.45) is 0. The van der Waals surface area contributed by atoms with E-state index in [0.29, 0.717) is 0 Å². The van der Waals surface area contributed by atoms with Crippen LogP contribution in [-0.2, 0) is 0 Å². The van der Waals surface area contributed by atoms with E-state index in [2.05, 4.69) is 203 Å². The van der Waals surface area contributed by atoms with Gasteiger partial charge in [-0.05, 0) is 82.9 Å². The third kappa shape index (κ3) is 4.96. The minimum atomic E-state index is 0.828. The van der Waals surface area contributed by atoms with Crippen LogP contribution in [0.15, 0.2) is 215 Å². The molecule has 302 valence electrons. The van der Waals surface area contributed by atoms with E-state index in [-0.39, 0.29) is 0 Å². The Hall–Kier alpha value is -8.38. The summed E-state index contributed by atoms with van der Waals surface area (Å²) in [6, 6.07) is 74.9. The van der Waals surface area contributed by atoms with Crippen molar-refractivity contribution >= 4 is 119 Å². The van der Waals surface area contributed by atoms with Gasteiger partial charge in [0.15, 0.2) is 5.58 Å². The van der Waals surface area contributed by atoms with Crippen LogP contribution in [0.4, 0.5) is 0 Å². The van der Waals surface area contributed by atoms with Crippen molar-refractivity contribution in [1.29, 1.82) is 0 Å². The van der Waals surface area contributed by atoms with Crippen molar-refractivity contribution in [2.45, 2.75) is 0 Å². The maximum atomic E-state index is 6.87. The molecule has 0 spiro atoms. The third-order valence-electron chi connectivity index (χ3n) is 13.7. The van der Waals surface area contributed by atoms with Crippen molar-refractivity contribution in [1.82, 2.24) is 9.13 Å². The highest BCUT2D eigenvalue weighted by molar-refractivity contribution is 7.26. The largest absolute Gasteiger partial charge is 0.456 e. The van der Waals surface area contributed by atoms with E-state index in [1.165, 1.54) is 81.3 Å². The van der Waals surface area contributed by atoms with Crippen molar-refractivity contribution < 1.29 is 8.83 Å². The van der Waals surface area contributed by atoms with Gasteiger partial charge >= 0.3 is 0 Å².